The van der Waals surface area contributed by atoms with Crippen LogP contribution in [0.3, 0.4) is 0 Å². The second kappa shape index (κ2) is 8.11. The molecule has 1 fully saturated rings. The van der Waals surface area contributed by atoms with Gasteiger partial charge >= 0.3 is 0 Å². The van der Waals surface area contributed by atoms with Crippen LogP contribution in [0.25, 0.3) is 11.1 Å². The van der Waals surface area contributed by atoms with Crippen molar-refractivity contribution < 1.29 is 9.69 Å². The zero-order valence-electron chi connectivity index (χ0n) is 14.4. The van der Waals surface area contributed by atoms with Crippen LogP contribution in [0.5, 0.6) is 0 Å². The highest BCUT2D eigenvalue weighted by Crippen LogP contribution is 2.27. The predicted molar refractivity (Wildman–Crippen MR) is 99.1 cm³/mol. The fourth-order valence-electron chi connectivity index (χ4n) is 3.50. The van der Waals surface area contributed by atoms with Crippen molar-refractivity contribution in [2.45, 2.75) is 38.6 Å². The van der Waals surface area contributed by atoms with Gasteiger partial charge in [0.1, 0.15) is 0 Å². The molecule has 2 N–H and O–H groups in total. The molecule has 0 unspecified atom stereocenters. The largest absolute Gasteiger partial charge is 0.325 e. The van der Waals surface area contributed by atoms with Crippen LogP contribution in [0.1, 0.15) is 32.6 Å². The maximum Gasteiger partial charge on any atom is 0.282 e. The van der Waals surface area contributed by atoms with Crippen LogP contribution in [0.2, 0.25) is 0 Å². The highest BCUT2D eigenvalue weighted by atomic mass is 16.2. The molecule has 2 aromatic carbocycles. The number of rotatable bonds is 4. The lowest BCUT2D eigenvalue weighted by molar-refractivity contribution is -0.913. The van der Waals surface area contributed by atoms with E-state index in [1.807, 2.05) is 36.4 Å². The molecule has 1 heterocycles. The van der Waals surface area contributed by atoms with Gasteiger partial charge in [-0.2, -0.15) is 0 Å². The number of benzene rings is 2. The van der Waals surface area contributed by atoms with Gasteiger partial charge in [0.05, 0.1) is 13.1 Å². The van der Waals surface area contributed by atoms with E-state index in [-0.39, 0.29) is 11.9 Å². The lowest BCUT2D eigenvalue weighted by Gasteiger charge is -2.24. The van der Waals surface area contributed by atoms with E-state index in [0.29, 0.717) is 0 Å². The number of amides is 1. The minimum absolute atomic E-state index is 0.00747. The van der Waals surface area contributed by atoms with Crippen LogP contribution < -0.4 is 10.2 Å². The van der Waals surface area contributed by atoms with Crippen molar-refractivity contribution in [2.24, 2.45) is 0 Å². The summed E-state index contributed by atoms with van der Waals surface area (Å²) in [6.07, 6.45) is 5.06. The molecular formula is C21H27N2O+. The molecule has 0 aromatic heterocycles. The Morgan fingerprint density at radius 2 is 1.54 bits per heavy atom. The van der Waals surface area contributed by atoms with Gasteiger partial charge in [0.15, 0.2) is 6.04 Å². The van der Waals surface area contributed by atoms with Crippen molar-refractivity contribution in [3.05, 3.63) is 54.6 Å². The molecule has 0 bridgehead atoms. The van der Waals surface area contributed by atoms with Crippen LogP contribution in [0, 0.1) is 0 Å². The van der Waals surface area contributed by atoms with E-state index in [9.17, 15) is 4.79 Å². The maximum absolute atomic E-state index is 12.8. The number of nitrogens with one attached hydrogen (secondary N) is 2. The normalized spacial score (nSPS) is 17.0. The molecule has 0 spiro atoms. The Bertz CT molecular complexity index is 661. The van der Waals surface area contributed by atoms with Crippen molar-refractivity contribution in [3.8, 4) is 11.1 Å². The number of carbonyl (C=O) groups is 1. The standard InChI is InChI=1S/C21H26N2O/c1-17(23-15-9-2-3-10-16-23)21(24)22-20-14-8-7-13-19(20)18-11-5-4-6-12-18/h4-8,11-14,17H,2-3,9-10,15-16H2,1H3,(H,22,24)/p+1/t17-/m1/s1. The molecule has 1 aliphatic heterocycles. The fourth-order valence-corrected chi connectivity index (χ4v) is 3.50. The van der Waals surface area contributed by atoms with Crippen LogP contribution in [0.4, 0.5) is 5.69 Å². The van der Waals surface area contributed by atoms with E-state index in [2.05, 4.69) is 30.4 Å². The molecule has 2 aromatic rings. The number of quaternary nitrogens is 1. The van der Waals surface area contributed by atoms with Crippen LogP contribution >= 0.6 is 0 Å². The summed E-state index contributed by atoms with van der Waals surface area (Å²) in [6.45, 7) is 4.27. The van der Waals surface area contributed by atoms with Crippen LogP contribution in [-0.2, 0) is 4.79 Å². The summed E-state index contributed by atoms with van der Waals surface area (Å²) in [6, 6.07) is 18.3. The van der Waals surface area contributed by atoms with Crippen molar-refractivity contribution in [1.29, 1.82) is 0 Å². The first kappa shape index (κ1) is 16.7. The quantitative estimate of drug-likeness (QED) is 0.890. The summed E-state index contributed by atoms with van der Waals surface area (Å²) in [7, 11) is 0. The van der Waals surface area contributed by atoms with Crippen molar-refractivity contribution >= 4 is 11.6 Å². The van der Waals surface area contributed by atoms with Gasteiger partial charge in [-0.25, -0.2) is 0 Å². The summed E-state index contributed by atoms with van der Waals surface area (Å²) in [5.74, 6) is 0.121. The Labute approximate surface area is 144 Å². The molecule has 1 atom stereocenters. The third kappa shape index (κ3) is 4.04. The van der Waals surface area contributed by atoms with E-state index >= 15 is 0 Å². The Morgan fingerprint density at radius 1 is 0.917 bits per heavy atom. The van der Waals surface area contributed by atoms with Gasteiger partial charge in [0.25, 0.3) is 5.91 Å². The molecule has 0 radical (unpaired) electrons. The lowest BCUT2D eigenvalue weighted by Crippen LogP contribution is -3.16. The van der Waals surface area contributed by atoms with Gasteiger partial charge in [-0.1, -0.05) is 48.5 Å². The number of likely N-dealkylation sites (tertiary alicyclic amines) is 1. The molecule has 3 rings (SSSR count). The Balaban J connectivity index is 1.75. The van der Waals surface area contributed by atoms with Crippen LogP contribution in [-0.4, -0.2) is 25.0 Å². The highest BCUT2D eigenvalue weighted by molar-refractivity contribution is 5.97. The summed E-state index contributed by atoms with van der Waals surface area (Å²) in [5, 5.41) is 3.17. The second-order valence-electron chi connectivity index (χ2n) is 6.70. The first-order valence-electron chi connectivity index (χ1n) is 9.05. The molecule has 1 aliphatic rings. The Morgan fingerprint density at radius 3 is 2.25 bits per heavy atom. The fraction of sp³-hybridized carbons (Fsp3) is 0.381. The highest BCUT2D eigenvalue weighted by Gasteiger charge is 2.26. The lowest BCUT2D eigenvalue weighted by atomic mass is 10.0. The Kier molecular flexibility index (Phi) is 5.65. The predicted octanol–water partition coefficient (Wildman–Crippen LogP) is 3.14. The second-order valence-corrected chi connectivity index (χ2v) is 6.70. The first-order chi connectivity index (χ1) is 11.8. The minimum Gasteiger partial charge on any atom is -0.325 e. The van der Waals surface area contributed by atoms with Gasteiger partial charge in [0, 0.05) is 11.3 Å². The first-order valence-corrected chi connectivity index (χ1v) is 9.05. The zero-order chi connectivity index (χ0) is 16.8. The van der Waals surface area contributed by atoms with Crippen molar-refractivity contribution in [1.82, 2.24) is 0 Å². The molecule has 3 heteroatoms. The van der Waals surface area contributed by atoms with Gasteiger partial charge < -0.3 is 10.2 Å². The number of anilines is 1. The number of para-hydroxylation sites is 1. The van der Waals surface area contributed by atoms with E-state index in [4.69, 9.17) is 0 Å². The summed E-state index contributed by atoms with van der Waals surface area (Å²) in [5.41, 5.74) is 3.10. The number of hydrogen-bond acceptors (Lipinski definition) is 1. The average Bonchev–Trinajstić information content (AvgIpc) is 2.91. The van der Waals surface area contributed by atoms with Crippen LogP contribution in [0.15, 0.2) is 54.6 Å². The summed E-state index contributed by atoms with van der Waals surface area (Å²) >= 11 is 0. The average molecular weight is 323 g/mol. The topological polar surface area (TPSA) is 33.5 Å². The molecule has 1 saturated heterocycles. The van der Waals surface area contributed by atoms with Gasteiger partial charge in [-0.15, -0.1) is 0 Å². The number of hydrogen-bond donors (Lipinski definition) is 2. The van der Waals surface area contributed by atoms with E-state index < -0.39 is 0 Å². The molecule has 0 aliphatic carbocycles. The molecule has 24 heavy (non-hydrogen) atoms. The van der Waals surface area contributed by atoms with E-state index in [1.54, 1.807) is 0 Å². The zero-order valence-corrected chi connectivity index (χ0v) is 14.4. The smallest absolute Gasteiger partial charge is 0.282 e. The monoisotopic (exact) mass is 323 g/mol. The molecule has 126 valence electrons. The van der Waals surface area contributed by atoms with Gasteiger partial charge in [0.2, 0.25) is 0 Å². The van der Waals surface area contributed by atoms with Gasteiger partial charge in [-0.05, 0) is 44.2 Å². The van der Waals surface area contributed by atoms with E-state index in [1.165, 1.54) is 30.6 Å². The Hall–Kier alpha value is -2.13. The molecule has 1 amide bonds. The summed E-state index contributed by atoms with van der Waals surface area (Å²) < 4.78 is 0. The van der Waals surface area contributed by atoms with Crippen molar-refractivity contribution in [3.63, 3.8) is 0 Å². The molecule has 0 saturated carbocycles. The molecule has 3 nitrogen and oxygen atoms in total. The van der Waals surface area contributed by atoms with E-state index in [0.717, 1.165) is 29.9 Å². The number of carbonyl (C=O) groups excluding carboxylic acids is 1. The maximum atomic E-state index is 12.8. The third-order valence-electron chi connectivity index (χ3n) is 5.02. The summed E-state index contributed by atoms with van der Waals surface area (Å²) in [4.78, 5) is 14.2. The third-order valence-corrected chi connectivity index (χ3v) is 5.02. The SMILES string of the molecule is C[C@H](C(=O)Nc1ccccc1-c1ccccc1)[NH+]1CCCCCC1. The molecular weight excluding hydrogens is 296 g/mol. The minimum atomic E-state index is -0.00747. The van der Waals surface area contributed by atoms with Gasteiger partial charge in [-0.3, -0.25) is 4.79 Å². The van der Waals surface area contributed by atoms with Crippen molar-refractivity contribution in [2.75, 3.05) is 18.4 Å².